The van der Waals surface area contributed by atoms with Crippen molar-refractivity contribution in [3.05, 3.63) is 27.7 Å². The van der Waals surface area contributed by atoms with Gasteiger partial charge in [-0.1, -0.05) is 5.21 Å². The molecule has 0 saturated carbocycles. The SMILES string of the molecule is Cc1cscc1C(=O)NC(C)c1nn[nH]n1. The number of carbonyl (C=O) groups excluding carboxylic acids is 1. The summed E-state index contributed by atoms with van der Waals surface area (Å²) in [6, 6.07) is -0.259. The Bertz CT molecular complexity index is 478. The second-order valence-corrected chi connectivity index (χ2v) is 4.18. The number of H-pyrrole nitrogens is 1. The van der Waals surface area contributed by atoms with Crippen molar-refractivity contribution in [2.75, 3.05) is 0 Å². The Kier molecular flexibility index (Phi) is 2.95. The zero-order chi connectivity index (χ0) is 11.5. The molecule has 2 rings (SSSR count). The molecule has 0 aliphatic heterocycles. The van der Waals surface area contributed by atoms with E-state index in [4.69, 9.17) is 0 Å². The summed E-state index contributed by atoms with van der Waals surface area (Å²) in [5, 5.41) is 20.0. The van der Waals surface area contributed by atoms with Gasteiger partial charge in [-0.3, -0.25) is 4.79 Å². The van der Waals surface area contributed by atoms with Gasteiger partial charge in [-0.15, -0.1) is 10.2 Å². The first-order valence-corrected chi connectivity index (χ1v) is 5.69. The summed E-state index contributed by atoms with van der Waals surface area (Å²) >= 11 is 1.51. The van der Waals surface area contributed by atoms with Crippen LogP contribution in [0, 0.1) is 6.92 Å². The van der Waals surface area contributed by atoms with Gasteiger partial charge in [-0.25, -0.2) is 0 Å². The molecule has 1 atom stereocenters. The van der Waals surface area contributed by atoms with Gasteiger partial charge in [0.15, 0.2) is 5.82 Å². The molecular weight excluding hydrogens is 226 g/mol. The van der Waals surface area contributed by atoms with Gasteiger partial charge in [-0.2, -0.15) is 16.6 Å². The lowest BCUT2D eigenvalue weighted by molar-refractivity contribution is 0.0938. The van der Waals surface area contributed by atoms with Crippen LogP contribution in [-0.4, -0.2) is 26.5 Å². The number of tetrazole rings is 1. The predicted molar refractivity (Wildman–Crippen MR) is 59.1 cm³/mol. The molecule has 2 aromatic rings. The monoisotopic (exact) mass is 237 g/mol. The zero-order valence-electron chi connectivity index (χ0n) is 8.89. The number of thiophene rings is 1. The number of aromatic nitrogens is 4. The second kappa shape index (κ2) is 4.40. The van der Waals surface area contributed by atoms with Crippen molar-refractivity contribution in [3.63, 3.8) is 0 Å². The Morgan fingerprint density at radius 3 is 2.94 bits per heavy atom. The van der Waals surface area contributed by atoms with Crippen molar-refractivity contribution in [2.45, 2.75) is 19.9 Å². The number of rotatable bonds is 3. The third-order valence-electron chi connectivity index (χ3n) is 2.20. The largest absolute Gasteiger partial charge is 0.342 e. The molecule has 2 aromatic heterocycles. The Morgan fingerprint density at radius 2 is 2.38 bits per heavy atom. The normalized spacial score (nSPS) is 12.4. The maximum absolute atomic E-state index is 11.8. The molecule has 16 heavy (non-hydrogen) atoms. The molecule has 0 aliphatic rings. The van der Waals surface area contributed by atoms with Crippen molar-refractivity contribution in [1.82, 2.24) is 25.9 Å². The molecule has 0 saturated heterocycles. The van der Waals surface area contributed by atoms with E-state index in [1.54, 1.807) is 0 Å². The quantitative estimate of drug-likeness (QED) is 0.836. The number of carbonyl (C=O) groups is 1. The van der Waals surface area contributed by atoms with E-state index < -0.39 is 0 Å². The Balaban J connectivity index is 2.06. The molecule has 1 amide bonds. The minimum Gasteiger partial charge on any atom is -0.342 e. The van der Waals surface area contributed by atoms with Gasteiger partial charge in [0.25, 0.3) is 5.91 Å². The van der Waals surface area contributed by atoms with Crippen LogP contribution in [0.15, 0.2) is 10.8 Å². The average molecular weight is 237 g/mol. The fraction of sp³-hybridized carbons (Fsp3) is 0.333. The topological polar surface area (TPSA) is 83.6 Å². The van der Waals surface area contributed by atoms with E-state index in [-0.39, 0.29) is 11.9 Å². The molecule has 0 aromatic carbocycles. The maximum atomic E-state index is 11.8. The first-order chi connectivity index (χ1) is 7.68. The third-order valence-corrected chi connectivity index (χ3v) is 3.06. The molecular formula is C9H11N5OS. The highest BCUT2D eigenvalue weighted by molar-refractivity contribution is 7.08. The van der Waals surface area contributed by atoms with Gasteiger partial charge in [0.2, 0.25) is 0 Å². The van der Waals surface area contributed by atoms with E-state index in [2.05, 4.69) is 25.9 Å². The number of hydrogen-bond donors (Lipinski definition) is 2. The minimum absolute atomic E-state index is 0.115. The summed E-state index contributed by atoms with van der Waals surface area (Å²) in [5.41, 5.74) is 1.67. The van der Waals surface area contributed by atoms with Crippen LogP contribution >= 0.6 is 11.3 Å². The smallest absolute Gasteiger partial charge is 0.252 e. The van der Waals surface area contributed by atoms with Crippen molar-refractivity contribution >= 4 is 17.2 Å². The van der Waals surface area contributed by atoms with Crippen LogP contribution in [0.5, 0.6) is 0 Å². The van der Waals surface area contributed by atoms with E-state index in [0.717, 1.165) is 5.56 Å². The molecule has 1 unspecified atom stereocenters. The fourth-order valence-electron chi connectivity index (χ4n) is 1.29. The van der Waals surface area contributed by atoms with Gasteiger partial charge >= 0.3 is 0 Å². The standard InChI is InChI=1S/C9H11N5OS/c1-5-3-16-4-7(5)9(15)10-6(2)8-11-13-14-12-8/h3-4,6H,1-2H3,(H,10,15)(H,11,12,13,14). The summed E-state index contributed by atoms with van der Waals surface area (Å²) < 4.78 is 0. The van der Waals surface area contributed by atoms with E-state index in [1.807, 2.05) is 24.6 Å². The summed E-state index contributed by atoms with van der Waals surface area (Å²) in [7, 11) is 0. The fourth-order valence-corrected chi connectivity index (χ4v) is 2.11. The maximum Gasteiger partial charge on any atom is 0.252 e. The number of nitrogens with zero attached hydrogens (tertiary/aromatic N) is 3. The van der Waals surface area contributed by atoms with E-state index in [9.17, 15) is 4.79 Å². The number of hydrogen-bond acceptors (Lipinski definition) is 5. The highest BCUT2D eigenvalue weighted by Gasteiger charge is 2.16. The second-order valence-electron chi connectivity index (χ2n) is 3.43. The van der Waals surface area contributed by atoms with Crippen LogP contribution in [0.3, 0.4) is 0 Å². The summed E-state index contributed by atoms with van der Waals surface area (Å²) in [6.07, 6.45) is 0. The zero-order valence-corrected chi connectivity index (χ0v) is 9.71. The Morgan fingerprint density at radius 1 is 1.56 bits per heavy atom. The summed E-state index contributed by atoms with van der Waals surface area (Å²) in [4.78, 5) is 11.8. The van der Waals surface area contributed by atoms with Crippen LogP contribution in [0.25, 0.3) is 0 Å². The van der Waals surface area contributed by atoms with Crippen molar-refractivity contribution < 1.29 is 4.79 Å². The van der Waals surface area contributed by atoms with E-state index in [1.165, 1.54) is 11.3 Å². The molecule has 6 nitrogen and oxygen atoms in total. The number of aromatic amines is 1. The van der Waals surface area contributed by atoms with E-state index >= 15 is 0 Å². The van der Waals surface area contributed by atoms with Crippen molar-refractivity contribution in [2.24, 2.45) is 0 Å². The molecule has 0 aliphatic carbocycles. The molecule has 0 fully saturated rings. The molecule has 84 valence electrons. The van der Waals surface area contributed by atoms with Crippen molar-refractivity contribution in [3.8, 4) is 0 Å². The van der Waals surface area contributed by atoms with Gasteiger partial charge in [0.1, 0.15) is 0 Å². The first-order valence-electron chi connectivity index (χ1n) is 4.75. The lowest BCUT2D eigenvalue weighted by Crippen LogP contribution is -2.27. The van der Waals surface area contributed by atoms with Gasteiger partial charge in [-0.05, 0) is 24.8 Å². The van der Waals surface area contributed by atoms with Crippen LogP contribution in [0.1, 0.15) is 34.7 Å². The first kappa shape index (κ1) is 10.7. The predicted octanol–water partition coefficient (Wildman–Crippen LogP) is 1.06. The molecule has 0 radical (unpaired) electrons. The van der Waals surface area contributed by atoms with Gasteiger partial charge in [0.05, 0.1) is 11.6 Å². The van der Waals surface area contributed by atoms with Gasteiger partial charge < -0.3 is 5.32 Å². The van der Waals surface area contributed by atoms with Crippen molar-refractivity contribution in [1.29, 1.82) is 0 Å². The van der Waals surface area contributed by atoms with Crippen LogP contribution in [0.2, 0.25) is 0 Å². The molecule has 0 spiro atoms. The summed E-state index contributed by atoms with van der Waals surface area (Å²) in [5.74, 6) is 0.359. The highest BCUT2D eigenvalue weighted by Crippen LogP contribution is 2.14. The summed E-state index contributed by atoms with van der Waals surface area (Å²) in [6.45, 7) is 3.72. The van der Waals surface area contributed by atoms with E-state index in [0.29, 0.717) is 11.4 Å². The lowest BCUT2D eigenvalue weighted by Gasteiger charge is -2.09. The number of nitrogens with one attached hydrogen (secondary N) is 2. The van der Waals surface area contributed by atoms with Crippen LogP contribution in [0.4, 0.5) is 0 Å². The lowest BCUT2D eigenvalue weighted by atomic mass is 10.2. The third kappa shape index (κ3) is 2.08. The molecule has 2 heterocycles. The average Bonchev–Trinajstić information content (AvgIpc) is 2.86. The Labute approximate surface area is 96.1 Å². The molecule has 0 bridgehead atoms. The molecule has 7 heteroatoms. The number of aryl methyl sites for hydroxylation is 1. The minimum atomic E-state index is -0.259. The van der Waals surface area contributed by atoms with Crippen LogP contribution in [-0.2, 0) is 0 Å². The number of amides is 1. The molecule has 2 N–H and O–H groups in total. The van der Waals surface area contributed by atoms with Crippen LogP contribution < -0.4 is 5.32 Å². The Hall–Kier alpha value is -1.76. The van der Waals surface area contributed by atoms with Gasteiger partial charge in [0, 0.05) is 5.38 Å². The highest BCUT2D eigenvalue weighted by atomic mass is 32.1.